The van der Waals surface area contributed by atoms with Crippen molar-refractivity contribution in [2.45, 2.75) is 51.5 Å². The minimum Gasteiger partial charge on any atom is -0.466 e. The number of carbonyl (C=O) groups excluding carboxylic acids is 1. The summed E-state index contributed by atoms with van der Waals surface area (Å²) in [5.74, 6) is -0.441. The SMILES string of the molecule is CCOC(=O)CC(C)OC1CCc2c1n[nH]c(=O)c2C(F)(F)F. The first-order chi connectivity index (χ1) is 10.7. The molecule has 0 bridgehead atoms. The Morgan fingerprint density at radius 2 is 2.17 bits per heavy atom. The number of rotatable bonds is 5. The molecule has 2 atom stereocenters. The number of H-pyrrole nitrogens is 1. The smallest absolute Gasteiger partial charge is 0.422 e. The molecule has 2 unspecified atom stereocenters. The van der Waals surface area contributed by atoms with Gasteiger partial charge in [0.2, 0.25) is 0 Å². The van der Waals surface area contributed by atoms with E-state index in [9.17, 15) is 22.8 Å². The van der Waals surface area contributed by atoms with E-state index >= 15 is 0 Å². The summed E-state index contributed by atoms with van der Waals surface area (Å²) in [6.45, 7) is 3.55. The lowest BCUT2D eigenvalue weighted by Crippen LogP contribution is -2.26. The van der Waals surface area contributed by atoms with Crippen LogP contribution in [0.25, 0.3) is 0 Å². The lowest BCUT2D eigenvalue weighted by Gasteiger charge is -2.18. The summed E-state index contributed by atoms with van der Waals surface area (Å²) < 4.78 is 49.4. The number of ether oxygens (including phenoxy) is 2. The van der Waals surface area contributed by atoms with Gasteiger partial charge in [0.1, 0.15) is 11.7 Å². The summed E-state index contributed by atoms with van der Waals surface area (Å²) >= 11 is 0. The second-order valence-corrected chi connectivity index (χ2v) is 5.27. The van der Waals surface area contributed by atoms with E-state index in [1.54, 1.807) is 13.8 Å². The highest BCUT2D eigenvalue weighted by atomic mass is 19.4. The van der Waals surface area contributed by atoms with Crippen LogP contribution in [0, 0.1) is 0 Å². The number of nitrogens with zero attached hydrogens (tertiary/aromatic N) is 1. The van der Waals surface area contributed by atoms with Crippen molar-refractivity contribution < 1.29 is 27.4 Å². The number of carbonyl (C=O) groups is 1. The fourth-order valence-corrected chi connectivity index (χ4v) is 2.65. The number of aromatic amines is 1. The largest absolute Gasteiger partial charge is 0.466 e. The molecule has 1 heterocycles. The van der Waals surface area contributed by atoms with E-state index in [2.05, 4.69) is 5.10 Å². The second kappa shape index (κ2) is 6.69. The Balaban J connectivity index is 2.17. The topological polar surface area (TPSA) is 81.3 Å². The number of nitrogens with one attached hydrogen (secondary N) is 1. The molecule has 0 radical (unpaired) electrons. The zero-order valence-electron chi connectivity index (χ0n) is 12.7. The molecule has 0 fully saturated rings. The quantitative estimate of drug-likeness (QED) is 0.834. The minimum absolute atomic E-state index is 0.00481. The molecule has 23 heavy (non-hydrogen) atoms. The van der Waals surface area contributed by atoms with Gasteiger partial charge in [-0.15, -0.1) is 0 Å². The van der Waals surface area contributed by atoms with Crippen LogP contribution in [-0.4, -0.2) is 28.9 Å². The van der Waals surface area contributed by atoms with Crippen LogP contribution < -0.4 is 5.56 Å². The molecular formula is C14H17F3N2O4. The number of fused-ring (bicyclic) bond motifs is 1. The van der Waals surface area contributed by atoms with Crippen LogP contribution >= 0.6 is 0 Å². The van der Waals surface area contributed by atoms with Crippen LogP contribution in [0.4, 0.5) is 13.2 Å². The van der Waals surface area contributed by atoms with E-state index in [1.807, 2.05) is 5.10 Å². The number of esters is 1. The van der Waals surface area contributed by atoms with E-state index < -0.39 is 35.5 Å². The normalized spacial score (nSPS) is 18.6. The van der Waals surface area contributed by atoms with Crippen molar-refractivity contribution in [1.82, 2.24) is 10.2 Å². The maximum absolute atomic E-state index is 13.0. The summed E-state index contributed by atoms with van der Waals surface area (Å²) in [4.78, 5) is 22.8. The number of aromatic nitrogens is 2. The average molecular weight is 334 g/mol. The lowest BCUT2D eigenvalue weighted by atomic mass is 10.1. The second-order valence-electron chi connectivity index (χ2n) is 5.27. The zero-order chi connectivity index (χ0) is 17.2. The molecule has 0 amide bonds. The molecule has 128 valence electrons. The van der Waals surface area contributed by atoms with Gasteiger partial charge in [0.15, 0.2) is 0 Å². The molecule has 2 rings (SSSR count). The molecule has 9 heteroatoms. The Hall–Kier alpha value is -1.90. The molecule has 1 aliphatic rings. The Morgan fingerprint density at radius 3 is 2.78 bits per heavy atom. The number of hydrogen-bond donors (Lipinski definition) is 1. The predicted molar refractivity (Wildman–Crippen MR) is 72.7 cm³/mol. The van der Waals surface area contributed by atoms with Crippen LogP contribution in [0.15, 0.2) is 4.79 Å². The monoisotopic (exact) mass is 334 g/mol. The van der Waals surface area contributed by atoms with Crippen molar-refractivity contribution in [3.63, 3.8) is 0 Å². The van der Waals surface area contributed by atoms with Gasteiger partial charge >= 0.3 is 12.1 Å². The summed E-state index contributed by atoms with van der Waals surface area (Å²) in [5.41, 5.74) is -2.52. The van der Waals surface area contributed by atoms with Gasteiger partial charge in [0, 0.05) is 0 Å². The van der Waals surface area contributed by atoms with Gasteiger partial charge in [0.05, 0.1) is 24.8 Å². The van der Waals surface area contributed by atoms with Crippen molar-refractivity contribution in [3.05, 3.63) is 27.2 Å². The fraction of sp³-hybridized carbons (Fsp3) is 0.643. The highest BCUT2D eigenvalue weighted by Gasteiger charge is 2.41. The molecule has 0 saturated carbocycles. The zero-order valence-corrected chi connectivity index (χ0v) is 12.7. The molecule has 6 nitrogen and oxygen atoms in total. The third kappa shape index (κ3) is 3.90. The summed E-state index contributed by atoms with van der Waals surface area (Å²) in [6.07, 6.45) is -5.64. The average Bonchev–Trinajstić information content (AvgIpc) is 2.79. The number of halogens is 3. The first-order valence-corrected chi connectivity index (χ1v) is 7.23. The van der Waals surface area contributed by atoms with Crippen molar-refractivity contribution in [1.29, 1.82) is 0 Å². The van der Waals surface area contributed by atoms with Gasteiger partial charge in [0.25, 0.3) is 5.56 Å². The van der Waals surface area contributed by atoms with Crippen molar-refractivity contribution in [3.8, 4) is 0 Å². The van der Waals surface area contributed by atoms with Crippen molar-refractivity contribution >= 4 is 5.97 Å². The summed E-state index contributed by atoms with van der Waals surface area (Å²) in [5, 5.41) is 5.58. The Kier molecular flexibility index (Phi) is 5.08. The first kappa shape index (κ1) is 17.5. The summed E-state index contributed by atoms with van der Waals surface area (Å²) in [7, 11) is 0. The number of alkyl halides is 3. The van der Waals surface area contributed by atoms with Gasteiger partial charge < -0.3 is 9.47 Å². The van der Waals surface area contributed by atoms with Gasteiger partial charge in [-0.3, -0.25) is 9.59 Å². The van der Waals surface area contributed by atoms with Crippen LogP contribution in [0.5, 0.6) is 0 Å². The van der Waals surface area contributed by atoms with Gasteiger partial charge in [-0.05, 0) is 32.3 Å². The van der Waals surface area contributed by atoms with Crippen molar-refractivity contribution in [2.75, 3.05) is 6.61 Å². The van der Waals surface area contributed by atoms with E-state index in [0.29, 0.717) is 0 Å². The molecule has 1 aromatic heterocycles. The fourth-order valence-electron chi connectivity index (χ4n) is 2.65. The molecule has 0 aromatic carbocycles. The molecule has 0 aliphatic heterocycles. The van der Waals surface area contributed by atoms with Crippen LogP contribution in [-0.2, 0) is 26.9 Å². The molecule has 1 N–H and O–H groups in total. The maximum atomic E-state index is 13.0. The molecular weight excluding hydrogens is 317 g/mol. The van der Waals surface area contributed by atoms with E-state index in [1.165, 1.54) is 0 Å². The van der Waals surface area contributed by atoms with Crippen LogP contribution in [0.2, 0.25) is 0 Å². The van der Waals surface area contributed by atoms with Crippen molar-refractivity contribution in [2.24, 2.45) is 0 Å². The molecule has 1 aliphatic carbocycles. The van der Waals surface area contributed by atoms with Gasteiger partial charge in [-0.2, -0.15) is 18.3 Å². The Labute approximate surface area is 130 Å². The Bertz CT molecular complexity index is 642. The summed E-state index contributed by atoms with van der Waals surface area (Å²) in [6, 6.07) is 0. The van der Waals surface area contributed by atoms with E-state index in [-0.39, 0.29) is 37.1 Å². The number of hydrogen-bond acceptors (Lipinski definition) is 5. The van der Waals surface area contributed by atoms with E-state index in [0.717, 1.165) is 0 Å². The standard InChI is InChI=1S/C14H17F3N2O4/c1-3-22-10(20)6-7(2)23-9-5-4-8-11(14(15,16)17)13(21)19-18-12(8)9/h7,9H,3-6H2,1-2H3,(H,19,21). The molecule has 0 saturated heterocycles. The minimum atomic E-state index is -4.74. The molecule has 0 spiro atoms. The predicted octanol–water partition coefficient (Wildman–Crippen LogP) is 2.13. The highest BCUT2D eigenvalue weighted by molar-refractivity contribution is 5.69. The highest BCUT2D eigenvalue weighted by Crippen LogP contribution is 2.39. The van der Waals surface area contributed by atoms with Gasteiger partial charge in [-0.25, -0.2) is 5.10 Å². The maximum Gasteiger partial charge on any atom is 0.422 e. The first-order valence-electron chi connectivity index (χ1n) is 7.23. The van der Waals surface area contributed by atoms with Crippen LogP contribution in [0.3, 0.4) is 0 Å². The third-order valence-corrected chi connectivity index (χ3v) is 3.52. The van der Waals surface area contributed by atoms with E-state index in [4.69, 9.17) is 9.47 Å². The molecule has 1 aromatic rings. The lowest BCUT2D eigenvalue weighted by molar-refractivity contribution is -0.147. The third-order valence-electron chi connectivity index (χ3n) is 3.52. The van der Waals surface area contributed by atoms with Gasteiger partial charge in [-0.1, -0.05) is 0 Å². The Morgan fingerprint density at radius 1 is 1.48 bits per heavy atom. The van der Waals surface area contributed by atoms with Crippen LogP contribution in [0.1, 0.15) is 49.6 Å².